The summed E-state index contributed by atoms with van der Waals surface area (Å²) in [6.45, 7) is 6.34. The molecule has 1 atom stereocenters. The largest absolute Gasteiger partial charge is 0.325 e. The van der Waals surface area contributed by atoms with Crippen LogP contribution < -0.4 is 5.32 Å². The third-order valence-corrected chi connectivity index (χ3v) is 5.67. The maximum Gasteiger partial charge on any atom is 0.241 e. The summed E-state index contributed by atoms with van der Waals surface area (Å²) in [7, 11) is 0. The van der Waals surface area contributed by atoms with E-state index in [1.807, 2.05) is 13.0 Å². The number of halogens is 2. The van der Waals surface area contributed by atoms with Crippen LogP contribution in [0.4, 0.5) is 10.1 Å². The van der Waals surface area contributed by atoms with Gasteiger partial charge in [-0.25, -0.2) is 4.39 Å². The van der Waals surface area contributed by atoms with Gasteiger partial charge in [-0.2, -0.15) is 0 Å². The number of benzene rings is 1. The molecule has 25 heavy (non-hydrogen) atoms. The molecule has 4 nitrogen and oxygen atoms in total. The van der Waals surface area contributed by atoms with Crippen LogP contribution in [0.25, 0.3) is 0 Å². The van der Waals surface area contributed by atoms with Gasteiger partial charge < -0.3 is 5.32 Å². The van der Waals surface area contributed by atoms with Crippen molar-refractivity contribution in [3.8, 4) is 0 Å². The zero-order valence-electron chi connectivity index (χ0n) is 14.0. The van der Waals surface area contributed by atoms with Crippen molar-refractivity contribution in [3.05, 3.63) is 51.4 Å². The molecule has 0 bridgehead atoms. The highest BCUT2D eigenvalue weighted by atomic mass is 35.5. The average Bonchev–Trinajstić information content (AvgIpc) is 3.02. The van der Waals surface area contributed by atoms with Gasteiger partial charge in [0.15, 0.2) is 0 Å². The van der Waals surface area contributed by atoms with Crippen molar-refractivity contribution in [2.24, 2.45) is 0 Å². The molecule has 0 saturated carbocycles. The molecular formula is C18H21ClFN3OS. The van der Waals surface area contributed by atoms with Crippen LogP contribution in [0.5, 0.6) is 0 Å². The van der Waals surface area contributed by atoms with Gasteiger partial charge >= 0.3 is 0 Å². The predicted octanol–water partition coefficient (Wildman–Crippen LogP) is 3.69. The Balaban J connectivity index is 1.48. The van der Waals surface area contributed by atoms with Crippen LogP contribution in [-0.4, -0.2) is 47.9 Å². The van der Waals surface area contributed by atoms with Gasteiger partial charge in [0, 0.05) is 43.3 Å². The van der Waals surface area contributed by atoms with E-state index in [2.05, 4.69) is 21.2 Å². The lowest BCUT2D eigenvalue weighted by Gasteiger charge is -2.37. The van der Waals surface area contributed by atoms with E-state index in [9.17, 15) is 9.18 Å². The highest BCUT2D eigenvalue weighted by Crippen LogP contribution is 2.23. The molecule has 0 spiro atoms. The number of hydrogen-bond acceptors (Lipinski definition) is 4. The molecule has 1 aromatic heterocycles. The van der Waals surface area contributed by atoms with Crippen LogP contribution in [-0.2, 0) is 11.3 Å². The third kappa shape index (κ3) is 5.01. The summed E-state index contributed by atoms with van der Waals surface area (Å²) in [6, 6.07) is 9.61. The van der Waals surface area contributed by atoms with Crippen molar-refractivity contribution in [1.29, 1.82) is 0 Å². The first kappa shape index (κ1) is 18.3. The van der Waals surface area contributed by atoms with Crippen molar-refractivity contribution in [2.45, 2.75) is 19.5 Å². The van der Waals surface area contributed by atoms with Crippen LogP contribution in [0.3, 0.4) is 0 Å². The molecule has 0 aliphatic carbocycles. The smallest absolute Gasteiger partial charge is 0.241 e. The van der Waals surface area contributed by atoms with E-state index in [-0.39, 0.29) is 17.8 Å². The molecule has 1 fully saturated rings. The minimum absolute atomic E-state index is 0.0647. The Morgan fingerprint density at radius 1 is 1.20 bits per heavy atom. The standard InChI is InChI=1S/C18H21ClFN3OS/c1-13(18(24)21-15-4-2-14(20)3-5-15)23-10-8-22(9-11-23)12-16-6-7-17(19)25-16/h2-7,13H,8-12H2,1H3,(H,21,24)/t13-/m0/s1. The van der Waals surface area contributed by atoms with E-state index in [0.717, 1.165) is 37.1 Å². The van der Waals surface area contributed by atoms with Crippen LogP contribution in [0.15, 0.2) is 36.4 Å². The fourth-order valence-electron chi connectivity index (χ4n) is 2.91. The van der Waals surface area contributed by atoms with Crippen molar-refractivity contribution in [1.82, 2.24) is 9.80 Å². The summed E-state index contributed by atoms with van der Waals surface area (Å²) in [5.41, 5.74) is 0.617. The molecule has 0 unspecified atom stereocenters. The first-order valence-corrected chi connectivity index (χ1v) is 9.48. The van der Waals surface area contributed by atoms with Crippen molar-refractivity contribution in [2.75, 3.05) is 31.5 Å². The molecule has 1 aliphatic heterocycles. The summed E-state index contributed by atoms with van der Waals surface area (Å²) in [6.07, 6.45) is 0. The van der Waals surface area contributed by atoms with Gasteiger partial charge in [-0.1, -0.05) is 11.6 Å². The SMILES string of the molecule is C[C@@H](C(=O)Nc1ccc(F)cc1)N1CCN(Cc2ccc(Cl)s2)CC1. The Bertz CT molecular complexity index is 713. The number of nitrogens with one attached hydrogen (secondary N) is 1. The summed E-state index contributed by atoms with van der Waals surface area (Å²) in [4.78, 5) is 18.2. The number of piperazine rings is 1. The molecular weight excluding hydrogens is 361 g/mol. The van der Waals surface area contributed by atoms with Gasteiger partial charge in [0.1, 0.15) is 5.82 Å². The van der Waals surface area contributed by atoms with Crippen molar-refractivity contribution >= 4 is 34.5 Å². The van der Waals surface area contributed by atoms with E-state index in [1.165, 1.54) is 17.0 Å². The lowest BCUT2D eigenvalue weighted by atomic mass is 10.2. The van der Waals surface area contributed by atoms with Gasteiger partial charge in [-0.15, -0.1) is 11.3 Å². The minimum atomic E-state index is -0.311. The zero-order chi connectivity index (χ0) is 17.8. The van der Waals surface area contributed by atoms with Crippen molar-refractivity contribution in [3.63, 3.8) is 0 Å². The first-order valence-electron chi connectivity index (χ1n) is 8.28. The minimum Gasteiger partial charge on any atom is -0.325 e. The van der Waals surface area contributed by atoms with Crippen LogP contribution in [0.1, 0.15) is 11.8 Å². The topological polar surface area (TPSA) is 35.6 Å². The fraction of sp³-hybridized carbons (Fsp3) is 0.389. The van der Waals surface area contributed by atoms with E-state index < -0.39 is 0 Å². The Labute approximate surface area is 156 Å². The number of hydrogen-bond donors (Lipinski definition) is 1. The molecule has 134 valence electrons. The highest BCUT2D eigenvalue weighted by molar-refractivity contribution is 7.16. The van der Waals surface area contributed by atoms with Crippen LogP contribution in [0, 0.1) is 5.82 Å². The predicted molar refractivity (Wildman–Crippen MR) is 101 cm³/mol. The molecule has 1 aromatic carbocycles. The second-order valence-corrected chi connectivity index (χ2v) is 7.99. The number of thiophene rings is 1. The molecule has 3 rings (SSSR count). The monoisotopic (exact) mass is 381 g/mol. The van der Waals surface area contributed by atoms with Gasteiger partial charge in [-0.05, 0) is 43.3 Å². The molecule has 7 heteroatoms. The molecule has 1 aliphatic rings. The summed E-state index contributed by atoms with van der Waals surface area (Å²) >= 11 is 7.59. The molecule has 0 radical (unpaired) electrons. The normalized spacial score (nSPS) is 17.4. The maximum atomic E-state index is 12.9. The van der Waals surface area contributed by atoms with Crippen molar-refractivity contribution < 1.29 is 9.18 Å². The third-order valence-electron chi connectivity index (χ3n) is 4.45. The van der Waals surface area contributed by atoms with Crippen LogP contribution >= 0.6 is 22.9 Å². The van der Waals surface area contributed by atoms with E-state index in [1.54, 1.807) is 23.5 Å². The fourth-order valence-corrected chi connectivity index (χ4v) is 4.04. The van der Waals surface area contributed by atoms with E-state index >= 15 is 0 Å². The zero-order valence-corrected chi connectivity index (χ0v) is 15.6. The second kappa shape index (κ2) is 8.27. The lowest BCUT2D eigenvalue weighted by molar-refractivity contribution is -0.121. The summed E-state index contributed by atoms with van der Waals surface area (Å²) < 4.78 is 13.8. The first-order chi connectivity index (χ1) is 12.0. The van der Waals surface area contributed by atoms with Gasteiger partial charge in [0.05, 0.1) is 10.4 Å². The lowest BCUT2D eigenvalue weighted by Crippen LogP contribution is -2.52. The number of nitrogens with zero attached hydrogens (tertiary/aromatic N) is 2. The van der Waals surface area contributed by atoms with Gasteiger partial charge in [0.2, 0.25) is 5.91 Å². The molecule has 1 amide bonds. The molecule has 1 saturated heterocycles. The number of anilines is 1. The Kier molecular flexibility index (Phi) is 6.06. The average molecular weight is 382 g/mol. The Hall–Kier alpha value is -1.47. The van der Waals surface area contributed by atoms with E-state index in [0.29, 0.717) is 5.69 Å². The second-order valence-electron chi connectivity index (χ2n) is 6.19. The number of carbonyl (C=O) groups is 1. The van der Waals surface area contributed by atoms with Gasteiger partial charge in [-0.3, -0.25) is 14.6 Å². The van der Waals surface area contributed by atoms with Crippen LogP contribution in [0.2, 0.25) is 4.34 Å². The highest BCUT2D eigenvalue weighted by Gasteiger charge is 2.25. The molecule has 2 heterocycles. The Morgan fingerprint density at radius 2 is 1.88 bits per heavy atom. The Morgan fingerprint density at radius 3 is 2.48 bits per heavy atom. The van der Waals surface area contributed by atoms with Gasteiger partial charge in [0.25, 0.3) is 0 Å². The quantitative estimate of drug-likeness (QED) is 0.858. The number of rotatable bonds is 5. The molecule has 2 aromatic rings. The maximum absolute atomic E-state index is 12.9. The van der Waals surface area contributed by atoms with E-state index in [4.69, 9.17) is 11.6 Å². The summed E-state index contributed by atoms with van der Waals surface area (Å²) in [5, 5.41) is 2.85. The number of amides is 1. The number of carbonyl (C=O) groups excluding carboxylic acids is 1. The summed E-state index contributed by atoms with van der Waals surface area (Å²) in [5.74, 6) is -0.376. The molecule has 1 N–H and O–H groups in total.